The number of ether oxygens (including phenoxy) is 8. The van der Waals surface area contributed by atoms with Crippen molar-refractivity contribution in [3.63, 3.8) is 0 Å². The van der Waals surface area contributed by atoms with E-state index in [2.05, 4.69) is 126 Å². The van der Waals surface area contributed by atoms with Crippen molar-refractivity contribution in [2.45, 2.75) is 0 Å². The van der Waals surface area contributed by atoms with Crippen molar-refractivity contribution in [1.82, 2.24) is 4.75 Å². The topological polar surface area (TPSA) is 158 Å². The molecule has 602 valence electrons. The third kappa shape index (κ3) is 12.7. The number of hydrogen-bond donors (Lipinski definition) is 0. The average Bonchev–Trinajstić information content (AvgIpc) is 1.53. The summed E-state index contributed by atoms with van der Waals surface area (Å²) in [5.74, 6) is 13.7. The van der Waals surface area contributed by atoms with Crippen molar-refractivity contribution in [3.05, 3.63) is 421 Å². The first kappa shape index (κ1) is 73.7. The molecule has 6 bridgehead atoms. The van der Waals surface area contributed by atoms with Crippen LogP contribution in [0.4, 0.5) is 11.6 Å². The third-order valence-corrected chi connectivity index (χ3v) is 29.0. The molecular formula is C112H64N8O8Pb+2. The Kier molecular flexibility index (Phi) is 17.1. The fourth-order valence-corrected chi connectivity index (χ4v) is 23.4. The zero-order valence-electron chi connectivity index (χ0n) is 68.3. The summed E-state index contributed by atoms with van der Waals surface area (Å²) in [6.45, 7) is 0. The Morgan fingerprint density at radius 1 is 0.155 bits per heavy atom. The van der Waals surface area contributed by atoms with Gasteiger partial charge in [0.2, 0.25) is 0 Å². The Labute approximate surface area is 748 Å². The molecule has 0 N–H and O–H groups in total. The molecule has 0 unspecified atom stereocenters. The van der Waals surface area contributed by atoms with E-state index in [9.17, 15) is 0 Å². The van der Waals surface area contributed by atoms with E-state index in [1.54, 1.807) is 0 Å². The molecule has 16 nitrogen and oxygen atoms in total. The minimum Gasteiger partial charge on any atom is -0.0586 e. The van der Waals surface area contributed by atoms with Crippen LogP contribution in [0.2, 0.25) is 0 Å². The molecule has 17 heteroatoms. The Bertz CT molecular complexity index is 8300. The van der Waals surface area contributed by atoms with Crippen LogP contribution in [0.15, 0.2) is 418 Å². The molecule has 0 amide bonds. The Morgan fingerprint density at radius 3 is 0.558 bits per heavy atom. The van der Waals surface area contributed by atoms with Crippen LogP contribution in [0.3, 0.4) is 0 Å². The monoisotopic (exact) mass is 1860 g/mol. The SMILES string of the molecule is c1ccc(Oc2ccc3c4c(c5ccc(Oc6ccccc6)cc5c3c2)C2=Nc3c5c6ccc(Oc7ccccc7)cc6c6cc(Oc7ccccc7)ccc6c5c5[n]3[Pb+2][n]3c(c6c7ccc(Oc8ccccc8)cc7c7cc(Oc8ccccc8)ccc7c6c3=NC3=NC(=N5)c5c3c3ccc(Oc6ccccc6)cc3c3cc(Oc6ccccc6)ccc53)=NC4=N2)cc1. The smallest absolute Gasteiger partial charge is 0.0586 e. The van der Waals surface area contributed by atoms with E-state index in [1.807, 2.05) is 267 Å². The predicted octanol–water partition coefficient (Wildman–Crippen LogP) is 28.0. The summed E-state index contributed by atoms with van der Waals surface area (Å²) in [5, 5.41) is 17.3. The summed E-state index contributed by atoms with van der Waals surface area (Å²) in [7, 11) is 0. The zero-order valence-corrected chi connectivity index (χ0v) is 72.2. The molecule has 0 saturated carbocycles. The summed E-state index contributed by atoms with van der Waals surface area (Å²) >= 11 is -3.18. The van der Waals surface area contributed by atoms with Gasteiger partial charge in [-0.05, 0) is 0 Å². The van der Waals surface area contributed by atoms with Gasteiger partial charge in [0.15, 0.2) is 0 Å². The number of aromatic nitrogens is 2. The van der Waals surface area contributed by atoms with Crippen molar-refractivity contribution >= 4 is 168 Å². The van der Waals surface area contributed by atoms with Gasteiger partial charge in [0.05, 0.1) is 0 Å². The number of para-hydroxylation sites is 8. The van der Waals surface area contributed by atoms with Crippen LogP contribution in [0.1, 0.15) is 22.3 Å². The summed E-state index contributed by atoms with van der Waals surface area (Å²) < 4.78 is 59.6. The van der Waals surface area contributed by atoms with Gasteiger partial charge >= 0.3 is 681 Å². The first-order valence-electron chi connectivity index (χ1n) is 42.5. The zero-order chi connectivity index (χ0) is 84.7. The van der Waals surface area contributed by atoms with Crippen LogP contribution >= 0.6 is 0 Å². The van der Waals surface area contributed by atoms with Crippen LogP contribution in [-0.4, -0.2) is 52.9 Å². The van der Waals surface area contributed by atoms with Gasteiger partial charge in [-0.2, -0.15) is 0 Å². The summed E-state index contributed by atoms with van der Waals surface area (Å²) in [6, 6.07) is 130. The van der Waals surface area contributed by atoms with E-state index in [0.717, 1.165) is 130 Å². The second kappa shape index (κ2) is 30.0. The minimum absolute atomic E-state index is 0.447. The van der Waals surface area contributed by atoms with Crippen molar-refractivity contribution in [2.75, 3.05) is 0 Å². The molecule has 4 aliphatic heterocycles. The van der Waals surface area contributed by atoms with E-state index < -0.39 is 24.8 Å². The maximum absolute atomic E-state index is 6.88. The summed E-state index contributed by atoms with van der Waals surface area (Å²) in [4.78, 5) is 37.2. The molecule has 20 aromatic carbocycles. The van der Waals surface area contributed by atoms with Crippen molar-refractivity contribution < 1.29 is 37.9 Å². The van der Waals surface area contributed by atoms with Crippen LogP contribution in [0, 0.1) is 0 Å². The maximum atomic E-state index is 6.88. The van der Waals surface area contributed by atoms with E-state index in [4.69, 9.17) is 67.8 Å². The average molecular weight is 1860 g/mol. The van der Waals surface area contributed by atoms with Crippen LogP contribution < -0.4 is 48.9 Å². The molecule has 22 aromatic rings. The molecule has 0 saturated heterocycles. The number of benzene rings is 20. The number of aliphatic imine (C=N–C) groups is 4. The molecule has 2 aromatic heterocycles. The van der Waals surface area contributed by atoms with Gasteiger partial charge in [-0.15, -0.1) is 0 Å². The number of amidine groups is 4. The van der Waals surface area contributed by atoms with Gasteiger partial charge in [-0.25, -0.2) is 0 Å². The van der Waals surface area contributed by atoms with Gasteiger partial charge in [-0.3, -0.25) is 0 Å². The summed E-state index contributed by atoms with van der Waals surface area (Å²) in [6.07, 6.45) is 0. The molecular weight excluding hydrogens is 1790 g/mol. The minimum atomic E-state index is -3.18. The van der Waals surface area contributed by atoms with Crippen LogP contribution in [0.5, 0.6) is 92.0 Å². The molecule has 0 aliphatic carbocycles. The van der Waals surface area contributed by atoms with E-state index in [1.165, 1.54) is 0 Å². The molecule has 0 fully saturated rings. The van der Waals surface area contributed by atoms with Gasteiger partial charge in [-0.1, -0.05) is 72.8 Å². The van der Waals surface area contributed by atoms with Crippen LogP contribution in [-0.2, 0) is 0 Å². The molecule has 0 spiro atoms. The second-order valence-electron chi connectivity index (χ2n) is 32.0. The number of rotatable bonds is 16. The third-order valence-electron chi connectivity index (χ3n) is 24.2. The number of nitrogens with zero attached hydrogens (tertiary/aromatic N) is 8. The van der Waals surface area contributed by atoms with Crippen molar-refractivity contribution in [2.24, 2.45) is 30.0 Å². The normalized spacial score (nSPS) is 12.8. The fraction of sp³-hybridized carbons (Fsp3) is 0. The van der Waals surface area contributed by atoms with Crippen molar-refractivity contribution in [3.8, 4) is 92.0 Å². The molecule has 129 heavy (non-hydrogen) atoms. The van der Waals surface area contributed by atoms with Gasteiger partial charge in [0.25, 0.3) is 0 Å². The molecule has 26 rings (SSSR count). The van der Waals surface area contributed by atoms with Gasteiger partial charge in [0, 0.05) is 0 Å². The first-order chi connectivity index (χ1) is 63.8. The Hall–Kier alpha value is -16.8. The van der Waals surface area contributed by atoms with E-state index in [0.29, 0.717) is 138 Å². The number of hydrogen-bond acceptors (Lipinski definition) is 14. The van der Waals surface area contributed by atoms with Crippen molar-refractivity contribution in [1.29, 1.82) is 0 Å². The quantitative estimate of drug-likeness (QED) is 0.0683. The van der Waals surface area contributed by atoms with Gasteiger partial charge < -0.3 is 0 Å². The second-order valence-corrected chi connectivity index (χ2v) is 36.3. The Morgan fingerprint density at radius 2 is 0.341 bits per heavy atom. The Balaban J connectivity index is 0.846. The molecule has 6 heterocycles. The number of fused-ring (bicyclic) bond motifs is 34. The molecule has 0 atom stereocenters. The summed E-state index contributed by atoms with van der Waals surface area (Å²) in [5.41, 5.74) is 4.37. The molecule has 0 radical (unpaired) electrons. The van der Waals surface area contributed by atoms with Gasteiger partial charge in [0.1, 0.15) is 0 Å². The fourth-order valence-electron chi connectivity index (χ4n) is 18.7. The predicted molar refractivity (Wildman–Crippen MR) is 513 cm³/mol. The van der Waals surface area contributed by atoms with Crippen LogP contribution in [0.25, 0.3) is 108 Å². The van der Waals surface area contributed by atoms with E-state index in [-0.39, 0.29) is 0 Å². The standard InChI is InChI=1S/C112H64N8O8.Pb/c1-9-25-65(26-10-1)121-73-41-49-81-89(57-73)90-58-74(122-66-27-11-2-12-28-66)42-50-82(90)98-97(81)105-113-106(98)118-108-101-85-53-45-77(125-69-33-17-5-18-34-69)61-93(85)94-62-78(126-70-35-19-6-20-36-70)46-54-86(94)102(101)110(115-108)120-112-104-88-56-48-80(128-72-39-23-8-24-40-72)64-96(88)95-63-79(127-71-37-21-7-22-38-71)47-55-87(95)103(104)111(116-112)119-109-100-84-52-44-76(124-68-31-15-4-16-32-68)60-92(84)91-59-75(123-67-29-13-3-14-30-67)43-51-83(91)99(100)107(114-109)117-105;/h1-64H;/q-2;+4. The van der Waals surface area contributed by atoms with E-state index >= 15 is 0 Å². The molecule has 4 aliphatic rings. The first-order valence-corrected chi connectivity index (χ1v) is 46.0.